The molecule has 1 aromatic carbocycles. The molecule has 4 nitrogen and oxygen atoms in total. The fourth-order valence-corrected chi connectivity index (χ4v) is 2.72. The molecule has 1 aliphatic rings. The Morgan fingerprint density at radius 1 is 1.21 bits per heavy atom. The zero-order valence-electron chi connectivity index (χ0n) is 14.7. The molecule has 3 rings (SSSR count). The fourth-order valence-electron chi connectivity index (χ4n) is 2.72. The van der Waals surface area contributed by atoms with Crippen molar-refractivity contribution in [2.75, 3.05) is 12.4 Å². The van der Waals surface area contributed by atoms with Crippen molar-refractivity contribution in [3.05, 3.63) is 53.2 Å². The smallest absolute Gasteiger partial charge is 0.126 e. The number of pyridine rings is 1. The van der Waals surface area contributed by atoms with Gasteiger partial charge >= 0.3 is 0 Å². The Morgan fingerprint density at radius 2 is 2.04 bits per heavy atom. The topological polar surface area (TPSA) is 43.4 Å². The Bertz CT molecular complexity index is 664. The Kier molecular flexibility index (Phi) is 5.36. The molecule has 0 amide bonds. The molecular weight excluding hydrogens is 300 g/mol. The van der Waals surface area contributed by atoms with Crippen LogP contribution in [0.15, 0.2) is 36.5 Å². The molecule has 1 heterocycles. The number of nitrogens with zero attached hydrogens (tertiary/aromatic N) is 1. The van der Waals surface area contributed by atoms with E-state index in [2.05, 4.69) is 34.6 Å². The standard InChI is InChI=1S/C20H26N2O2/c1-14(2)24-13-15-4-9-20(21-11-15)22-12-17-10-18(23-3)7-8-19(17)16-5-6-16/h4,7-11,14,16H,5-6,12-13H2,1-3H3,(H,21,22). The third kappa shape index (κ3) is 4.48. The van der Waals surface area contributed by atoms with Gasteiger partial charge in [-0.25, -0.2) is 4.98 Å². The summed E-state index contributed by atoms with van der Waals surface area (Å²) in [6, 6.07) is 10.5. The van der Waals surface area contributed by atoms with Crippen LogP contribution >= 0.6 is 0 Å². The second-order valence-corrected chi connectivity index (χ2v) is 6.60. The first-order valence-corrected chi connectivity index (χ1v) is 8.63. The third-order valence-corrected chi connectivity index (χ3v) is 4.24. The predicted molar refractivity (Wildman–Crippen MR) is 96.5 cm³/mol. The number of methoxy groups -OCH3 is 1. The van der Waals surface area contributed by atoms with Crippen LogP contribution in [0.25, 0.3) is 0 Å². The molecule has 0 bridgehead atoms. The summed E-state index contributed by atoms with van der Waals surface area (Å²) in [5.74, 6) is 2.51. The minimum Gasteiger partial charge on any atom is -0.497 e. The number of anilines is 1. The first kappa shape index (κ1) is 16.8. The Balaban J connectivity index is 1.63. The largest absolute Gasteiger partial charge is 0.497 e. The molecule has 1 N–H and O–H groups in total. The van der Waals surface area contributed by atoms with Crippen molar-refractivity contribution in [2.45, 2.75) is 51.9 Å². The van der Waals surface area contributed by atoms with Gasteiger partial charge in [0.2, 0.25) is 0 Å². The van der Waals surface area contributed by atoms with Crippen LogP contribution in [0.1, 0.15) is 49.3 Å². The lowest BCUT2D eigenvalue weighted by Gasteiger charge is -2.13. The average Bonchev–Trinajstić information content (AvgIpc) is 3.43. The Hall–Kier alpha value is -2.07. The number of nitrogens with one attached hydrogen (secondary N) is 1. The van der Waals surface area contributed by atoms with Crippen molar-refractivity contribution in [1.82, 2.24) is 4.98 Å². The summed E-state index contributed by atoms with van der Waals surface area (Å²) in [6.45, 7) is 5.44. The lowest BCUT2D eigenvalue weighted by molar-refractivity contribution is 0.0655. The number of hydrogen-bond donors (Lipinski definition) is 1. The number of ether oxygens (including phenoxy) is 2. The van der Waals surface area contributed by atoms with Crippen LogP contribution in [0.4, 0.5) is 5.82 Å². The van der Waals surface area contributed by atoms with Gasteiger partial charge < -0.3 is 14.8 Å². The van der Waals surface area contributed by atoms with Crippen LogP contribution in [0.3, 0.4) is 0 Å². The van der Waals surface area contributed by atoms with Crippen LogP contribution in [-0.4, -0.2) is 18.2 Å². The predicted octanol–water partition coefficient (Wildman–Crippen LogP) is 4.50. The van der Waals surface area contributed by atoms with Gasteiger partial charge in [-0.05, 0) is 67.5 Å². The van der Waals surface area contributed by atoms with Gasteiger partial charge in [-0.1, -0.05) is 12.1 Å². The molecule has 0 unspecified atom stereocenters. The van der Waals surface area contributed by atoms with Gasteiger partial charge in [-0.15, -0.1) is 0 Å². The maximum Gasteiger partial charge on any atom is 0.126 e. The van der Waals surface area contributed by atoms with Crippen molar-refractivity contribution >= 4 is 5.82 Å². The van der Waals surface area contributed by atoms with E-state index < -0.39 is 0 Å². The van der Waals surface area contributed by atoms with Gasteiger partial charge in [-0.2, -0.15) is 0 Å². The van der Waals surface area contributed by atoms with Crippen LogP contribution in [-0.2, 0) is 17.9 Å². The molecule has 1 fully saturated rings. The number of aromatic nitrogens is 1. The normalized spacial score (nSPS) is 14.0. The van der Waals surface area contributed by atoms with Crippen molar-refractivity contribution < 1.29 is 9.47 Å². The minimum atomic E-state index is 0.233. The van der Waals surface area contributed by atoms with Gasteiger partial charge in [-0.3, -0.25) is 0 Å². The van der Waals surface area contributed by atoms with Crippen molar-refractivity contribution in [1.29, 1.82) is 0 Å². The molecule has 0 aliphatic heterocycles. The monoisotopic (exact) mass is 326 g/mol. The van der Waals surface area contributed by atoms with Crippen molar-refractivity contribution in [2.24, 2.45) is 0 Å². The van der Waals surface area contributed by atoms with Crippen LogP contribution in [0.2, 0.25) is 0 Å². The van der Waals surface area contributed by atoms with E-state index in [0.717, 1.165) is 29.6 Å². The van der Waals surface area contributed by atoms with E-state index in [4.69, 9.17) is 9.47 Å². The van der Waals surface area contributed by atoms with Crippen LogP contribution < -0.4 is 10.1 Å². The summed E-state index contributed by atoms with van der Waals surface area (Å²) in [5, 5.41) is 3.42. The summed E-state index contributed by atoms with van der Waals surface area (Å²) in [5.41, 5.74) is 3.82. The average molecular weight is 326 g/mol. The lowest BCUT2D eigenvalue weighted by atomic mass is 10.0. The van der Waals surface area contributed by atoms with Gasteiger partial charge in [0, 0.05) is 12.7 Å². The molecule has 1 aliphatic carbocycles. The van der Waals surface area contributed by atoms with E-state index >= 15 is 0 Å². The fraction of sp³-hybridized carbons (Fsp3) is 0.450. The quantitative estimate of drug-likeness (QED) is 0.775. The highest BCUT2D eigenvalue weighted by Crippen LogP contribution is 2.42. The highest BCUT2D eigenvalue weighted by atomic mass is 16.5. The molecule has 1 saturated carbocycles. The zero-order valence-corrected chi connectivity index (χ0v) is 14.7. The van der Waals surface area contributed by atoms with Crippen molar-refractivity contribution in [3.8, 4) is 5.75 Å². The molecule has 128 valence electrons. The molecular formula is C20H26N2O2. The molecule has 0 spiro atoms. The number of hydrogen-bond acceptors (Lipinski definition) is 4. The number of rotatable bonds is 8. The van der Waals surface area contributed by atoms with Gasteiger partial charge in [0.1, 0.15) is 11.6 Å². The van der Waals surface area contributed by atoms with E-state index in [9.17, 15) is 0 Å². The molecule has 24 heavy (non-hydrogen) atoms. The SMILES string of the molecule is COc1ccc(C2CC2)c(CNc2ccc(COC(C)C)cn2)c1. The lowest BCUT2D eigenvalue weighted by Crippen LogP contribution is -2.05. The van der Waals surface area contributed by atoms with Crippen LogP contribution in [0.5, 0.6) is 5.75 Å². The first-order valence-electron chi connectivity index (χ1n) is 8.63. The molecule has 0 atom stereocenters. The van der Waals surface area contributed by atoms with Crippen LogP contribution in [0, 0.1) is 0 Å². The van der Waals surface area contributed by atoms with E-state index in [-0.39, 0.29) is 6.10 Å². The minimum absolute atomic E-state index is 0.233. The first-order chi connectivity index (χ1) is 11.7. The maximum absolute atomic E-state index is 5.60. The van der Waals surface area contributed by atoms with E-state index in [1.54, 1.807) is 7.11 Å². The molecule has 1 aromatic heterocycles. The summed E-state index contributed by atoms with van der Waals surface area (Å²) < 4.78 is 11.0. The second kappa shape index (κ2) is 7.67. The van der Waals surface area contributed by atoms with E-state index in [0.29, 0.717) is 6.61 Å². The highest BCUT2D eigenvalue weighted by Gasteiger charge is 2.26. The Morgan fingerprint density at radius 3 is 2.67 bits per heavy atom. The molecule has 0 radical (unpaired) electrons. The van der Waals surface area contributed by atoms with Crippen molar-refractivity contribution in [3.63, 3.8) is 0 Å². The molecule has 4 heteroatoms. The molecule has 0 saturated heterocycles. The second-order valence-electron chi connectivity index (χ2n) is 6.60. The van der Waals surface area contributed by atoms with E-state index in [1.807, 2.05) is 26.1 Å². The molecule has 2 aromatic rings. The summed E-state index contributed by atoms with van der Waals surface area (Å²) in [7, 11) is 1.71. The Labute approximate surface area is 144 Å². The zero-order chi connectivity index (χ0) is 16.9. The highest BCUT2D eigenvalue weighted by molar-refractivity contribution is 5.43. The summed E-state index contributed by atoms with van der Waals surface area (Å²) in [4.78, 5) is 4.48. The number of benzene rings is 1. The van der Waals surface area contributed by atoms with Gasteiger partial charge in [0.05, 0.1) is 19.8 Å². The maximum atomic E-state index is 5.60. The van der Waals surface area contributed by atoms with Gasteiger partial charge in [0.15, 0.2) is 0 Å². The summed E-state index contributed by atoms with van der Waals surface area (Å²) >= 11 is 0. The summed E-state index contributed by atoms with van der Waals surface area (Å²) in [6.07, 6.45) is 4.69. The van der Waals surface area contributed by atoms with E-state index in [1.165, 1.54) is 24.0 Å². The third-order valence-electron chi connectivity index (χ3n) is 4.24. The van der Waals surface area contributed by atoms with Gasteiger partial charge in [0.25, 0.3) is 0 Å².